The fourth-order valence-electron chi connectivity index (χ4n) is 3.54. The molecule has 3 aromatic carbocycles. The molecule has 2 N–H and O–H groups in total. The van der Waals surface area contributed by atoms with Crippen LogP contribution in [0.25, 0.3) is 0 Å². The van der Waals surface area contributed by atoms with E-state index in [1.54, 1.807) is 37.6 Å². The Morgan fingerprint density at radius 2 is 1.68 bits per heavy atom. The van der Waals surface area contributed by atoms with Gasteiger partial charge in [-0.15, -0.1) is 0 Å². The van der Waals surface area contributed by atoms with Gasteiger partial charge in [-0.2, -0.15) is 0 Å². The van der Waals surface area contributed by atoms with E-state index in [4.69, 9.17) is 0 Å². The van der Waals surface area contributed by atoms with Gasteiger partial charge in [0.15, 0.2) is 0 Å². The third-order valence-electron chi connectivity index (χ3n) is 5.55. The van der Waals surface area contributed by atoms with Crippen molar-refractivity contribution in [3.8, 4) is 0 Å². The second-order valence-corrected chi connectivity index (χ2v) is 9.81. The number of nitrogens with zero attached hydrogens (tertiary/aromatic N) is 2. The lowest BCUT2D eigenvalue weighted by atomic mass is 10.1. The zero-order valence-electron chi connectivity index (χ0n) is 19.0. The summed E-state index contributed by atoms with van der Waals surface area (Å²) in [5.74, 6) is -0.326. The van der Waals surface area contributed by atoms with Crippen molar-refractivity contribution in [3.63, 3.8) is 0 Å². The largest absolute Gasteiger partial charge is 0.348 e. The molecular formula is C26H26N4O3S. The molecule has 4 rings (SSSR count). The molecule has 0 saturated heterocycles. The highest BCUT2D eigenvalue weighted by atomic mass is 32.2. The molecule has 1 amide bonds. The Bertz CT molecular complexity index is 1400. The highest BCUT2D eigenvalue weighted by Gasteiger charge is 2.19. The van der Waals surface area contributed by atoms with Crippen LogP contribution in [0.4, 0.5) is 5.69 Å². The van der Waals surface area contributed by atoms with Gasteiger partial charge >= 0.3 is 0 Å². The van der Waals surface area contributed by atoms with Crippen LogP contribution >= 0.6 is 0 Å². The van der Waals surface area contributed by atoms with E-state index in [0.29, 0.717) is 23.4 Å². The molecule has 1 aromatic heterocycles. The first-order valence-corrected chi connectivity index (χ1v) is 12.3. The van der Waals surface area contributed by atoms with Gasteiger partial charge in [0, 0.05) is 31.0 Å². The first-order chi connectivity index (χ1) is 16.3. The van der Waals surface area contributed by atoms with Crippen molar-refractivity contribution in [2.45, 2.75) is 31.8 Å². The number of anilines is 1. The van der Waals surface area contributed by atoms with Crippen LogP contribution in [0.15, 0.2) is 90.3 Å². The fourth-order valence-corrected chi connectivity index (χ4v) is 4.69. The Balaban J connectivity index is 1.44. The van der Waals surface area contributed by atoms with E-state index >= 15 is 0 Å². The average Bonchev–Trinajstić information content (AvgIpc) is 3.33. The smallest absolute Gasteiger partial charge is 0.261 e. The first-order valence-electron chi connectivity index (χ1n) is 10.8. The summed E-state index contributed by atoms with van der Waals surface area (Å²) in [5.41, 5.74) is 4.42. The van der Waals surface area contributed by atoms with Crippen LogP contribution in [-0.2, 0) is 23.1 Å². The fraction of sp³-hybridized carbons (Fsp3) is 0.154. The number of hydrogen-bond donors (Lipinski definition) is 2. The van der Waals surface area contributed by atoms with Crippen LogP contribution in [0.5, 0.6) is 0 Å². The third-order valence-corrected chi connectivity index (χ3v) is 6.92. The number of para-hydroxylation sites is 1. The molecule has 1 heterocycles. The van der Waals surface area contributed by atoms with E-state index in [1.807, 2.05) is 54.1 Å². The number of benzene rings is 3. The van der Waals surface area contributed by atoms with Gasteiger partial charge in [-0.3, -0.25) is 9.52 Å². The molecule has 0 aliphatic rings. The average molecular weight is 475 g/mol. The number of amides is 1. The van der Waals surface area contributed by atoms with Crippen LogP contribution in [0.3, 0.4) is 0 Å². The van der Waals surface area contributed by atoms with Gasteiger partial charge < -0.3 is 9.88 Å². The number of nitrogens with one attached hydrogen (secondary N) is 2. The van der Waals surface area contributed by atoms with Crippen molar-refractivity contribution in [1.29, 1.82) is 0 Å². The van der Waals surface area contributed by atoms with Crippen LogP contribution in [0, 0.1) is 13.8 Å². The molecule has 4 aromatic rings. The molecule has 0 fully saturated rings. The minimum absolute atomic E-state index is 0.0374. The number of rotatable bonds is 8. The molecule has 34 heavy (non-hydrogen) atoms. The SMILES string of the molecule is Cc1ccccc1NS(=O)(=O)c1ccc(C)c(C(=O)NCc2ccc(Cn3ccnc3)cc2)c1. The summed E-state index contributed by atoms with van der Waals surface area (Å²) < 4.78 is 30.4. The van der Waals surface area contributed by atoms with E-state index in [9.17, 15) is 13.2 Å². The minimum Gasteiger partial charge on any atom is -0.348 e. The summed E-state index contributed by atoms with van der Waals surface area (Å²) in [6, 6.07) is 19.7. The lowest BCUT2D eigenvalue weighted by Crippen LogP contribution is -2.24. The quantitative estimate of drug-likeness (QED) is 0.399. The van der Waals surface area contributed by atoms with E-state index in [1.165, 1.54) is 12.1 Å². The molecule has 8 heteroatoms. The zero-order valence-corrected chi connectivity index (χ0v) is 19.8. The number of aromatic nitrogens is 2. The Kier molecular flexibility index (Phi) is 6.79. The molecule has 0 saturated carbocycles. The van der Waals surface area contributed by atoms with Crippen LogP contribution in [0.1, 0.15) is 32.6 Å². The van der Waals surface area contributed by atoms with Crippen molar-refractivity contribution < 1.29 is 13.2 Å². The predicted octanol–water partition coefficient (Wildman–Crippen LogP) is 4.28. The van der Waals surface area contributed by atoms with Gasteiger partial charge in [-0.1, -0.05) is 48.5 Å². The van der Waals surface area contributed by atoms with Crippen molar-refractivity contribution >= 4 is 21.6 Å². The Labute approximate surface area is 199 Å². The maximum Gasteiger partial charge on any atom is 0.261 e. The summed E-state index contributed by atoms with van der Waals surface area (Å²) in [6.45, 7) is 4.67. The lowest BCUT2D eigenvalue weighted by Gasteiger charge is -2.13. The van der Waals surface area contributed by atoms with Crippen LogP contribution < -0.4 is 10.0 Å². The summed E-state index contributed by atoms with van der Waals surface area (Å²) in [5, 5.41) is 2.89. The summed E-state index contributed by atoms with van der Waals surface area (Å²) >= 11 is 0. The number of aryl methyl sites for hydroxylation is 2. The zero-order chi connectivity index (χ0) is 24.1. The van der Waals surface area contributed by atoms with E-state index in [2.05, 4.69) is 15.0 Å². The molecular weight excluding hydrogens is 448 g/mol. The Morgan fingerprint density at radius 3 is 2.38 bits per heavy atom. The summed E-state index contributed by atoms with van der Waals surface area (Å²) in [7, 11) is -3.84. The van der Waals surface area contributed by atoms with Gasteiger partial charge in [-0.05, 0) is 54.3 Å². The maximum absolute atomic E-state index is 12.9. The molecule has 0 atom stereocenters. The van der Waals surface area contributed by atoms with E-state index in [0.717, 1.165) is 23.2 Å². The van der Waals surface area contributed by atoms with Gasteiger partial charge in [0.25, 0.3) is 15.9 Å². The molecule has 174 valence electrons. The van der Waals surface area contributed by atoms with E-state index in [-0.39, 0.29) is 10.8 Å². The standard InChI is InChI=1S/C26H26N4O3S/c1-19-7-12-23(34(32,33)29-25-6-4-3-5-20(25)2)15-24(19)26(31)28-16-21-8-10-22(11-9-21)17-30-14-13-27-18-30/h3-15,18,29H,16-17H2,1-2H3,(H,28,31). The number of imidazole rings is 1. The van der Waals surface area contributed by atoms with Gasteiger partial charge in [0.05, 0.1) is 16.9 Å². The highest BCUT2D eigenvalue weighted by Crippen LogP contribution is 2.21. The number of sulfonamides is 1. The highest BCUT2D eigenvalue weighted by molar-refractivity contribution is 7.92. The Morgan fingerprint density at radius 1 is 0.941 bits per heavy atom. The van der Waals surface area contributed by atoms with Crippen molar-refractivity contribution in [2.24, 2.45) is 0 Å². The molecule has 0 unspecified atom stereocenters. The number of hydrogen-bond acceptors (Lipinski definition) is 4. The molecule has 0 aliphatic carbocycles. The van der Waals surface area contributed by atoms with Gasteiger partial charge in [-0.25, -0.2) is 13.4 Å². The third kappa shape index (κ3) is 5.52. The topological polar surface area (TPSA) is 93.1 Å². The molecule has 0 spiro atoms. The van der Waals surface area contributed by atoms with Crippen LogP contribution in [0.2, 0.25) is 0 Å². The summed E-state index contributed by atoms with van der Waals surface area (Å²) in [4.78, 5) is 17.0. The predicted molar refractivity (Wildman–Crippen MR) is 132 cm³/mol. The number of carbonyl (C=O) groups is 1. The second kappa shape index (κ2) is 9.93. The van der Waals surface area contributed by atoms with Crippen LogP contribution in [-0.4, -0.2) is 23.9 Å². The molecule has 0 aliphatic heterocycles. The molecule has 7 nitrogen and oxygen atoms in total. The second-order valence-electron chi connectivity index (χ2n) is 8.13. The monoisotopic (exact) mass is 474 g/mol. The lowest BCUT2D eigenvalue weighted by molar-refractivity contribution is 0.0950. The number of carbonyl (C=O) groups excluding carboxylic acids is 1. The Hall–Kier alpha value is -3.91. The van der Waals surface area contributed by atoms with Crippen molar-refractivity contribution in [2.75, 3.05) is 4.72 Å². The van der Waals surface area contributed by atoms with Crippen molar-refractivity contribution in [1.82, 2.24) is 14.9 Å². The summed E-state index contributed by atoms with van der Waals surface area (Å²) in [6.07, 6.45) is 5.41. The van der Waals surface area contributed by atoms with Gasteiger partial charge in [0.1, 0.15) is 0 Å². The minimum atomic E-state index is -3.84. The normalized spacial score (nSPS) is 11.2. The maximum atomic E-state index is 12.9. The van der Waals surface area contributed by atoms with Crippen molar-refractivity contribution in [3.05, 3.63) is 113 Å². The molecule has 0 radical (unpaired) electrons. The first kappa shape index (κ1) is 23.3. The van der Waals surface area contributed by atoms with E-state index < -0.39 is 10.0 Å². The molecule has 0 bridgehead atoms. The van der Waals surface area contributed by atoms with Gasteiger partial charge in [0.2, 0.25) is 0 Å².